The zero-order valence-electron chi connectivity index (χ0n) is 9.79. The van der Waals surface area contributed by atoms with Gasteiger partial charge in [0.2, 0.25) is 0 Å². The van der Waals surface area contributed by atoms with Crippen molar-refractivity contribution in [2.75, 3.05) is 0 Å². The van der Waals surface area contributed by atoms with E-state index in [9.17, 15) is 5.11 Å². The van der Waals surface area contributed by atoms with Gasteiger partial charge in [-0.05, 0) is 36.3 Å². The summed E-state index contributed by atoms with van der Waals surface area (Å²) in [5, 5.41) is 10.1. The van der Waals surface area contributed by atoms with E-state index in [1.807, 2.05) is 11.3 Å². The van der Waals surface area contributed by atoms with Crippen LogP contribution in [0.3, 0.4) is 0 Å². The van der Waals surface area contributed by atoms with Gasteiger partial charge >= 0.3 is 0 Å². The third kappa shape index (κ3) is 2.43. The number of aryl methyl sites for hydroxylation is 1. The van der Waals surface area contributed by atoms with E-state index in [4.69, 9.17) is 0 Å². The first-order chi connectivity index (χ1) is 7.03. The van der Waals surface area contributed by atoms with Crippen molar-refractivity contribution in [3.05, 3.63) is 21.9 Å². The van der Waals surface area contributed by atoms with Crippen molar-refractivity contribution in [3.8, 4) is 0 Å². The van der Waals surface area contributed by atoms with Gasteiger partial charge in [-0.2, -0.15) is 0 Å². The molecule has 1 fully saturated rings. The highest BCUT2D eigenvalue weighted by Gasteiger charge is 2.49. The predicted molar refractivity (Wildman–Crippen MR) is 65.3 cm³/mol. The second-order valence-corrected chi connectivity index (χ2v) is 6.55. The first-order valence-electron chi connectivity index (χ1n) is 5.78. The molecule has 0 aromatic carbocycles. The molecule has 2 atom stereocenters. The summed E-state index contributed by atoms with van der Waals surface area (Å²) < 4.78 is 0. The summed E-state index contributed by atoms with van der Waals surface area (Å²) in [4.78, 5) is 2.76. The largest absolute Gasteiger partial charge is 0.392 e. The molecule has 1 N–H and O–H groups in total. The number of thiophene rings is 1. The molecule has 1 aromatic heterocycles. The maximum absolute atomic E-state index is 10.1. The van der Waals surface area contributed by atoms with Gasteiger partial charge in [0.1, 0.15) is 0 Å². The Balaban J connectivity index is 1.92. The highest BCUT2D eigenvalue weighted by molar-refractivity contribution is 7.11. The highest BCUT2D eigenvalue weighted by atomic mass is 32.1. The SMILES string of the molecule is CCc1ccc(CC(O)C2CC2(C)C)s1. The standard InChI is InChI=1S/C13H20OS/c1-4-9-5-6-10(15-9)7-12(14)11-8-13(11,2)3/h5-6,11-12,14H,4,7-8H2,1-3H3. The van der Waals surface area contributed by atoms with Crippen molar-refractivity contribution in [2.45, 2.75) is 46.1 Å². The van der Waals surface area contributed by atoms with Crippen LogP contribution in [0.1, 0.15) is 36.9 Å². The molecule has 0 radical (unpaired) electrons. The molecule has 1 aliphatic rings. The number of hydrogen-bond acceptors (Lipinski definition) is 2. The van der Waals surface area contributed by atoms with Crippen molar-refractivity contribution >= 4 is 11.3 Å². The molecule has 2 rings (SSSR count). The Labute approximate surface area is 96.1 Å². The Morgan fingerprint density at radius 3 is 2.53 bits per heavy atom. The molecule has 1 aromatic rings. The first kappa shape index (κ1) is 11.2. The van der Waals surface area contributed by atoms with Gasteiger partial charge in [0, 0.05) is 16.2 Å². The number of aliphatic hydroxyl groups is 1. The second kappa shape index (κ2) is 3.91. The summed E-state index contributed by atoms with van der Waals surface area (Å²) in [5.41, 5.74) is 0.379. The van der Waals surface area contributed by atoms with Gasteiger partial charge in [-0.25, -0.2) is 0 Å². The van der Waals surface area contributed by atoms with Crippen LogP contribution < -0.4 is 0 Å². The minimum Gasteiger partial charge on any atom is -0.392 e. The topological polar surface area (TPSA) is 20.2 Å². The lowest BCUT2D eigenvalue weighted by atomic mass is 10.0. The Morgan fingerprint density at radius 2 is 2.07 bits per heavy atom. The Kier molecular flexibility index (Phi) is 2.91. The zero-order valence-corrected chi connectivity index (χ0v) is 10.6. The quantitative estimate of drug-likeness (QED) is 0.832. The van der Waals surface area contributed by atoms with E-state index in [0.717, 1.165) is 12.8 Å². The monoisotopic (exact) mass is 224 g/mol. The van der Waals surface area contributed by atoms with Gasteiger partial charge < -0.3 is 5.11 Å². The fraction of sp³-hybridized carbons (Fsp3) is 0.692. The van der Waals surface area contributed by atoms with Crippen molar-refractivity contribution in [1.29, 1.82) is 0 Å². The summed E-state index contributed by atoms with van der Waals surface area (Å²) in [6.45, 7) is 6.66. The van der Waals surface area contributed by atoms with Crippen LogP contribution in [0.25, 0.3) is 0 Å². The molecule has 1 nitrogen and oxygen atoms in total. The van der Waals surface area contributed by atoms with E-state index < -0.39 is 0 Å². The van der Waals surface area contributed by atoms with Crippen molar-refractivity contribution < 1.29 is 5.11 Å². The maximum Gasteiger partial charge on any atom is 0.0621 e. The maximum atomic E-state index is 10.1. The van der Waals surface area contributed by atoms with Crippen LogP contribution in [0.15, 0.2) is 12.1 Å². The van der Waals surface area contributed by atoms with Gasteiger partial charge in [-0.15, -0.1) is 11.3 Å². The summed E-state index contributed by atoms with van der Waals surface area (Å²) in [5.74, 6) is 0.518. The smallest absolute Gasteiger partial charge is 0.0621 e. The molecule has 0 aliphatic heterocycles. The average Bonchev–Trinajstić information content (AvgIpc) is 2.62. The highest BCUT2D eigenvalue weighted by Crippen LogP contribution is 2.54. The van der Waals surface area contributed by atoms with Gasteiger partial charge in [0.05, 0.1) is 6.10 Å². The van der Waals surface area contributed by atoms with Crippen LogP contribution in [0.5, 0.6) is 0 Å². The lowest BCUT2D eigenvalue weighted by Gasteiger charge is -2.10. The minimum atomic E-state index is -0.136. The number of rotatable bonds is 4. The van der Waals surface area contributed by atoms with E-state index >= 15 is 0 Å². The average molecular weight is 224 g/mol. The molecular weight excluding hydrogens is 204 g/mol. The Hall–Kier alpha value is -0.340. The molecule has 1 saturated carbocycles. The molecule has 2 heteroatoms. The molecule has 1 aliphatic carbocycles. The molecular formula is C13H20OS. The Bertz CT molecular complexity index is 340. The van der Waals surface area contributed by atoms with Gasteiger partial charge in [-0.1, -0.05) is 20.8 Å². The zero-order chi connectivity index (χ0) is 11.1. The van der Waals surface area contributed by atoms with Crippen LogP contribution in [-0.4, -0.2) is 11.2 Å². The molecule has 0 saturated heterocycles. The van der Waals surface area contributed by atoms with Gasteiger partial charge in [0.15, 0.2) is 0 Å². The first-order valence-corrected chi connectivity index (χ1v) is 6.60. The molecule has 84 valence electrons. The van der Waals surface area contributed by atoms with Crippen LogP contribution in [0, 0.1) is 11.3 Å². The number of aliphatic hydroxyl groups excluding tert-OH is 1. The lowest BCUT2D eigenvalue weighted by molar-refractivity contribution is 0.137. The Morgan fingerprint density at radius 1 is 1.47 bits per heavy atom. The summed E-state index contributed by atoms with van der Waals surface area (Å²) in [6.07, 6.45) is 3.00. The summed E-state index contributed by atoms with van der Waals surface area (Å²) >= 11 is 1.85. The molecule has 2 unspecified atom stereocenters. The van der Waals surface area contributed by atoms with Crippen LogP contribution in [0.2, 0.25) is 0 Å². The van der Waals surface area contributed by atoms with E-state index in [1.165, 1.54) is 16.2 Å². The van der Waals surface area contributed by atoms with Crippen LogP contribution in [-0.2, 0) is 12.8 Å². The van der Waals surface area contributed by atoms with Crippen molar-refractivity contribution in [3.63, 3.8) is 0 Å². The second-order valence-electron chi connectivity index (χ2n) is 5.29. The van der Waals surface area contributed by atoms with E-state index in [2.05, 4.69) is 32.9 Å². The predicted octanol–water partition coefficient (Wildman–Crippen LogP) is 3.26. The summed E-state index contributed by atoms with van der Waals surface area (Å²) in [6, 6.07) is 4.35. The third-order valence-electron chi connectivity index (χ3n) is 3.53. The number of hydrogen-bond donors (Lipinski definition) is 1. The van der Waals surface area contributed by atoms with E-state index in [1.54, 1.807) is 0 Å². The fourth-order valence-corrected chi connectivity index (χ4v) is 3.24. The van der Waals surface area contributed by atoms with Gasteiger partial charge in [-0.3, -0.25) is 0 Å². The van der Waals surface area contributed by atoms with E-state index in [-0.39, 0.29) is 6.10 Å². The normalized spacial score (nSPS) is 25.2. The van der Waals surface area contributed by atoms with Crippen molar-refractivity contribution in [1.82, 2.24) is 0 Å². The van der Waals surface area contributed by atoms with E-state index in [0.29, 0.717) is 11.3 Å². The molecule has 0 bridgehead atoms. The van der Waals surface area contributed by atoms with Gasteiger partial charge in [0.25, 0.3) is 0 Å². The minimum absolute atomic E-state index is 0.136. The third-order valence-corrected chi connectivity index (χ3v) is 4.78. The lowest BCUT2D eigenvalue weighted by Crippen LogP contribution is -2.15. The molecule has 0 amide bonds. The van der Waals surface area contributed by atoms with Crippen molar-refractivity contribution in [2.24, 2.45) is 11.3 Å². The summed E-state index contributed by atoms with van der Waals surface area (Å²) in [7, 11) is 0. The van der Waals surface area contributed by atoms with Crippen LogP contribution in [0.4, 0.5) is 0 Å². The molecule has 15 heavy (non-hydrogen) atoms. The molecule has 1 heterocycles. The molecule has 0 spiro atoms. The van der Waals surface area contributed by atoms with Crippen LogP contribution >= 0.6 is 11.3 Å². The fourth-order valence-electron chi connectivity index (χ4n) is 2.24.